The van der Waals surface area contributed by atoms with Crippen LogP contribution in [0.5, 0.6) is 0 Å². The molecule has 0 aliphatic rings. The van der Waals surface area contributed by atoms with Crippen LogP contribution in [0.1, 0.15) is 25.1 Å². The first kappa shape index (κ1) is 9.78. The van der Waals surface area contributed by atoms with E-state index >= 15 is 0 Å². The van der Waals surface area contributed by atoms with Crippen LogP contribution in [0, 0.1) is 13.8 Å². The lowest BCUT2D eigenvalue weighted by molar-refractivity contribution is 1.25. The molecule has 13 heavy (non-hydrogen) atoms. The molecule has 0 radical (unpaired) electrons. The molecule has 1 N–H and O–H groups in total. The van der Waals surface area contributed by atoms with Crippen LogP contribution in [0.25, 0.3) is 10.9 Å². The Labute approximate surface area is 79.0 Å². The first-order valence-electron chi connectivity index (χ1n) is 4.68. The average Bonchev–Trinajstić information content (AvgIpc) is 2.47. The third kappa shape index (κ3) is 1.72. The highest BCUT2D eigenvalue weighted by atomic mass is 14.7. The molecule has 2 heteroatoms. The zero-order valence-electron chi connectivity index (χ0n) is 8.68. The van der Waals surface area contributed by atoms with Gasteiger partial charge < -0.3 is 4.98 Å². The molecule has 0 aliphatic carbocycles. The maximum absolute atomic E-state index is 4.07. The van der Waals surface area contributed by atoms with Gasteiger partial charge >= 0.3 is 0 Å². The fraction of sp³-hybridized carbons (Fsp3) is 0.364. The van der Waals surface area contributed by atoms with Gasteiger partial charge in [0.1, 0.15) is 0 Å². The molecule has 2 heterocycles. The number of fused-ring (bicyclic) bond motifs is 1. The molecule has 0 atom stereocenters. The first-order valence-corrected chi connectivity index (χ1v) is 4.68. The molecule has 2 aromatic rings. The summed E-state index contributed by atoms with van der Waals surface area (Å²) in [6, 6.07) is 2.00. The minimum atomic E-state index is 1.18. The maximum Gasteiger partial charge on any atom is 0.0489 e. The van der Waals surface area contributed by atoms with E-state index < -0.39 is 0 Å². The van der Waals surface area contributed by atoms with Gasteiger partial charge in [0, 0.05) is 29.0 Å². The molecule has 0 unspecified atom stereocenters. The number of nitrogens with one attached hydrogen (secondary N) is 1. The Morgan fingerprint density at radius 1 is 1.23 bits per heavy atom. The van der Waals surface area contributed by atoms with Crippen molar-refractivity contribution in [2.24, 2.45) is 0 Å². The molecular formula is C11H16N2. The summed E-state index contributed by atoms with van der Waals surface area (Å²) >= 11 is 0. The quantitative estimate of drug-likeness (QED) is 0.656. The Balaban J connectivity index is 0.000000396. The lowest BCUT2D eigenvalue weighted by Crippen LogP contribution is -1.71. The number of aromatic amines is 1. The van der Waals surface area contributed by atoms with Gasteiger partial charge in [0.05, 0.1) is 0 Å². The van der Waals surface area contributed by atoms with Gasteiger partial charge in [-0.1, -0.05) is 13.8 Å². The van der Waals surface area contributed by atoms with E-state index in [1.807, 2.05) is 26.1 Å². The zero-order valence-corrected chi connectivity index (χ0v) is 8.68. The number of hydrogen-bond donors (Lipinski definition) is 1. The molecule has 0 amide bonds. The second-order valence-corrected chi connectivity index (χ2v) is 2.80. The number of nitrogens with zero attached hydrogens (tertiary/aromatic N) is 1. The van der Waals surface area contributed by atoms with E-state index in [1.165, 1.54) is 22.2 Å². The van der Waals surface area contributed by atoms with Gasteiger partial charge in [0.15, 0.2) is 0 Å². The monoisotopic (exact) mass is 176 g/mol. The zero-order chi connectivity index (χ0) is 9.84. The summed E-state index contributed by atoms with van der Waals surface area (Å²) in [4.78, 5) is 7.35. The highest BCUT2D eigenvalue weighted by molar-refractivity contribution is 5.83. The van der Waals surface area contributed by atoms with Gasteiger partial charge in [0.25, 0.3) is 0 Å². The van der Waals surface area contributed by atoms with Gasteiger partial charge in [-0.25, -0.2) is 0 Å². The van der Waals surface area contributed by atoms with Crippen molar-refractivity contribution in [1.82, 2.24) is 9.97 Å². The number of pyridine rings is 1. The van der Waals surface area contributed by atoms with Gasteiger partial charge in [-0.3, -0.25) is 4.98 Å². The predicted octanol–water partition coefficient (Wildman–Crippen LogP) is 3.21. The Bertz CT molecular complexity index is 388. The van der Waals surface area contributed by atoms with E-state index in [9.17, 15) is 0 Å². The van der Waals surface area contributed by atoms with Gasteiger partial charge in [-0.2, -0.15) is 0 Å². The topological polar surface area (TPSA) is 28.7 Å². The molecule has 0 aliphatic heterocycles. The summed E-state index contributed by atoms with van der Waals surface area (Å²) in [5.74, 6) is 0. The Kier molecular flexibility index (Phi) is 3.07. The molecule has 0 saturated carbocycles. The molecule has 2 nitrogen and oxygen atoms in total. The minimum Gasteiger partial charge on any atom is -0.358 e. The predicted molar refractivity (Wildman–Crippen MR) is 56.9 cm³/mol. The van der Waals surface area contributed by atoms with Crippen LogP contribution in [-0.2, 0) is 0 Å². The van der Waals surface area contributed by atoms with E-state index in [1.54, 1.807) is 6.20 Å². The Hall–Kier alpha value is -1.31. The van der Waals surface area contributed by atoms with Gasteiger partial charge in [0.2, 0.25) is 0 Å². The van der Waals surface area contributed by atoms with Crippen LogP contribution in [0.2, 0.25) is 0 Å². The average molecular weight is 176 g/mol. The van der Waals surface area contributed by atoms with Crippen molar-refractivity contribution in [3.05, 3.63) is 29.7 Å². The molecular weight excluding hydrogens is 160 g/mol. The van der Waals surface area contributed by atoms with E-state index in [-0.39, 0.29) is 0 Å². The van der Waals surface area contributed by atoms with Crippen LogP contribution in [0.3, 0.4) is 0 Å². The van der Waals surface area contributed by atoms with E-state index in [0.29, 0.717) is 0 Å². The van der Waals surface area contributed by atoms with Crippen LogP contribution < -0.4 is 0 Å². The van der Waals surface area contributed by atoms with Crippen LogP contribution in [-0.4, -0.2) is 9.97 Å². The fourth-order valence-corrected chi connectivity index (χ4v) is 1.30. The minimum absolute atomic E-state index is 1.18. The van der Waals surface area contributed by atoms with Crippen molar-refractivity contribution in [1.29, 1.82) is 0 Å². The summed E-state index contributed by atoms with van der Waals surface area (Å²) in [7, 11) is 0. The third-order valence-electron chi connectivity index (χ3n) is 2.11. The second kappa shape index (κ2) is 4.08. The highest BCUT2D eigenvalue weighted by Gasteiger charge is 2.01. The molecule has 0 spiro atoms. The van der Waals surface area contributed by atoms with Crippen molar-refractivity contribution in [3.63, 3.8) is 0 Å². The number of hydrogen-bond acceptors (Lipinski definition) is 1. The van der Waals surface area contributed by atoms with E-state index in [2.05, 4.69) is 23.8 Å². The van der Waals surface area contributed by atoms with Crippen LogP contribution in [0.15, 0.2) is 18.5 Å². The van der Waals surface area contributed by atoms with Crippen molar-refractivity contribution < 1.29 is 0 Å². The second-order valence-electron chi connectivity index (χ2n) is 2.80. The highest BCUT2D eigenvalue weighted by Crippen LogP contribution is 2.18. The van der Waals surface area contributed by atoms with Crippen LogP contribution in [0.4, 0.5) is 0 Å². The van der Waals surface area contributed by atoms with Crippen molar-refractivity contribution in [2.45, 2.75) is 27.7 Å². The smallest absolute Gasteiger partial charge is 0.0489 e. The van der Waals surface area contributed by atoms with Crippen LogP contribution >= 0.6 is 0 Å². The fourth-order valence-electron chi connectivity index (χ4n) is 1.30. The van der Waals surface area contributed by atoms with Gasteiger partial charge in [-0.15, -0.1) is 0 Å². The lowest BCUT2D eigenvalue weighted by Gasteiger charge is -1.87. The molecule has 2 rings (SSSR count). The van der Waals surface area contributed by atoms with Crippen molar-refractivity contribution in [2.75, 3.05) is 0 Å². The maximum atomic E-state index is 4.07. The summed E-state index contributed by atoms with van der Waals surface area (Å²) in [5.41, 5.74) is 3.70. The van der Waals surface area contributed by atoms with Crippen molar-refractivity contribution in [3.8, 4) is 0 Å². The molecule has 0 aromatic carbocycles. The molecule has 2 aromatic heterocycles. The standard InChI is InChI=1S/C9H10N2.C2H6/c1-6-7(2)11-9-3-4-10-5-8(6)9;1-2/h3-5,11H,1-2H3;1-2H3. The number of H-pyrrole nitrogens is 1. The van der Waals surface area contributed by atoms with Gasteiger partial charge in [-0.05, 0) is 25.5 Å². The number of rotatable bonds is 0. The summed E-state index contributed by atoms with van der Waals surface area (Å²) in [5, 5.41) is 1.23. The number of aryl methyl sites for hydroxylation is 2. The summed E-state index contributed by atoms with van der Waals surface area (Å²) in [6.45, 7) is 8.19. The van der Waals surface area contributed by atoms with E-state index in [4.69, 9.17) is 0 Å². The Morgan fingerprint density at radius 3 is 2.54 bits per heavy atom. The Morgan fingerprint density at radius 2 is 1.92 bits per heavy atom. The molecule has 0 saturated heterocycles. The summed E-state index contributed by atoms with van der Waals surface area (Å²) in [6.07, 6.45) is 3.70. The normalized spacial score (nSPS) is 9.54. The largest absolute Gasteiger partial charge is 0.358 e. The molecule has 0 fully saturated rings. The summed E-state index contributed by atoms with van der Waals surface area (Å²) < 4.78 is 0. The van der Waals surface area contributed by atoms with Crippen molar-refractivity contribution >= 4 is 10.9 Å². The first-order chi connectivity index (χ1) is 6.29. The number of aromatic nitrogens is 2. The lowest BCUT2D eigenvalue weighted by atomic mass is 10.2. The molecule has 70 valence electrons. The van der Waals surface area contributed by atoms with E-state index in [0.717, 1.165) is 0 Å². The third-order valence-corrected chi connectivity index (χ3v) is 2.11. The molecule has 0 bridgehead atoms. The SMILES string of the molecule is CC.Cc1[nH]c2ccncc2c1C.